The van der Waals surface area contributed by atoms with Crippen molar-refractivity contribution in [2.45, 2.75) is 0 Å². The second kappa shape index (κ2) is 10.1. The number of amides is 1. The number of ether oxygens (including phenoxy) is 2. The fourth-order valence-electron chi connectivity index (χ4n) is 2.84. The van der Waals surface area contributed by atoms with Gasteiger partial charge in [-0.1, -0.05) is 29.3 Å². The quantitative estimate of drug-likeness (QED) is 0.260. The summed E-state index contributed by atoms with van der Waals surface area (Å²) in [6.07, 6.45) is 1.69. The molecular weight excluding hydrogens is 483 g/mol. The van der Waals surface area contributed by atoms with E-state index in [0.717, 1.165) is 0 Å². The minimum Gasteiger partial charge on any atom is -0.497 e. The van der Waals surface area contributed by atoms with Gasteiger partial charge in [0, 0.05) is 5.02 Å². The molecule has 33 heavy (non-hydrogen) atoms. The minimum atomic E-state index is -0.542. The number of hydrogen-bond acceptors (Lipinski definition) is 6. The molecule has 1 heterocycles. The van der Waals surface area contributed by atoms with Crippen molar-refractivity contribution in [3.05, 3.63) is 92.8 Å². The summed E-state index contributed by atoms with van der Waals surface area (Å²) in [7, 11) is 1.55. The molecule has 0 aromatic heterocycles. The van der Waals surface area contributed by atoms with Crippen molar-refractivity contribution in [1.82, 2.24) is 5.32 Å². The normalized spacial score (nSPS) is 15.5. The lowest BCUT2D eigenvalue weighted by molar-refractivity contribution is -0.115. The largest absolute Gasteiger partial charge is 0.497 e. The van der Waals surface area contributed by atoms with Gasteiger partial charge in [-0.15, -0.1) is 0 Å². The van der Waals surface area contributed by atoms with Crippen LogP contribution >= 0.6 is 35.0 Å². The zero-order valence-electron chi connectivity index (χ0n) is 17.2. The molecule has 1 amide bonds. The third kappa shape index (κ3) is 5.76. The van der Waals surface area contributed by atoms with Gasteiger partial charge in [0.15, 0.2) is 5.17 Å². The molecule has 1 N–H and O–H groups in total. The van der Waals surface area contributed by atoms with E-state index >= 15 is 0 Å². The summed E-state index contributed by atoms with van der Waals surface area (Å²) in [4.78, 5) is 29.5. The van der Waals surface area contributed by atoms with Crippen molar-refractivity contribution < 1.29 is 19.1 Å². The number of amidine groups is 1. The lowest BCUT2D eigenvalue weighted by Gasteiger charge is -2.08. The second-order valence-electron chi connectivity index (χ2n) is 6.77. The Hall–Kier alpha value is -3.26. The topological polar surface area (TPSA) is 77.0 Å². The van der Waals surface area contributed by atoms with Gasteiger partial charge in [0.2, 0.25) is 0 Å². The van der Waals surface area contributed by atoms with Crippen molar-refractivity contribution in [2.24, 2.45) is 4.99 Å². The number of methoxy groups -OCH3 is 1. The first-order valence-corrected chi connectivity index (χ1v) is 11.2. The van der Waals surface area contributed by atoms with Gasteiger partial charge in [-0.3, -0.25) is 4.79 Å². The molecule has 0 atom stereocenters. The fraction of sp³-hybridized carbons (Fsp3) is 0.0417. The van der Waals surface area contributed by atoms with E-state index in [0.29, 0.717) is 37.7 Å². The maximum absolute atomic E-state index is 12.4. The van der Waals surface area contributed by atoms with E-state index in [1.54, 1.807) is 79.9 Å². The molecule has 0 aliphatic carbocycles. The van der Waals surface area contributed by atoms with E-state index in [-0.39, 0.29) is 16.7 Å². The Morgan fingerprint density at radius 2 is 1.76 bits per heavy atom. The summed E-state index contributed by atoms with van der Waals surface area (Å²) in [5, 5.41) is 4.04. The second-order valence-corrected chi connectivity index (χ2v) is 8.64. The minimum absolute atomic E-state index is 0.216. The molecule has 166 valence electrons. The van der Waals surface area contributed by atoms with Crippen LogP contribution in [0.4, 0.5) is 5.69 Å². The Bertz CT molecular complexity index is 1270. The number of aliphatic imine (C=N–C) groups is 1. The summed E-state index contributed by atoms with van der Waals surface area (Å²) < 4.78 is 10.5. The molecule has 3 aromatic carbocycles. The van der Waals surface area contributed by atoms with Crippen LogP contribution in [-0.2, 0) is 4.79 Å². The predicted molar refractivity (Wildman–Crippen MR) is 132 cm³/mol. The summed E-state index contributed by atoms with van der Waals surface area (Å²) in [5.41, 5.74) is 1.72. The number of hydrogen-bond donors (Lipinski definition) is 1. The maximum Gasteiger partial charge on any atom is 0.343 e. The number of esters is 1. The zero-order chi connectivity index (χ0) is 23.4. The average molecular weight is 499 g/mol. The Labute approximate surface area is 204 Å². The van der Waals surface area contributed by atoms with E-state index in [1.807, 2.05) is 0 Å². The highest BCUT2D eigenvalue weighted by Crippen LogP contribution is 2.31. The Morgan fingerprint density at radius 1 is 1.03 bits per heavy atom. The van der Waals surface area contributed by atoms with Crippen LogP contribution in [0.15, 0.2) is 76.6 Å². The van der Waals surface area contributed by atoms with Crippen LogP contribution in [0.3, 0.4) is 0 Å². The molecule has 1 aliphatic heterocycles. The molecule has 0 radical (unpaired) electrons. The lowest BCUT2D eigenvalue weighted by atomic mass is 10.2. The van der Waals surface area contributed by atoms with Gasteiger partial charge >= 0.3 is 5.97 Å². The molecule has 0 unspecified atom stereocenters. The van der Waals surface area contributed by atoms with Crippen LogP contribution in [-0.4, -0.2) is 24.2 Å². The monoisotopic (exact) mass is 498 g/mol. The molecule has 0 saturated carbocycles. The highest BCUT2D eigenvalue weighted by Gasteiger charge is 2.24. The van der Waals surface area contributed by atoms with E-state index in [2.05, 4.69) is 10.3 Å². The van der Waals surface area contributed by atoms with Crippen molar-refractivity contribution in [2.75, 3.05) is 7.11 Å². The van der Waals surface area contributed by atoms with E-state index in [1.165, 1.54) is 11.8 Å². The van der Waals surface area contributed by atoms with Crippen LogP contribution in [0.1, 0.15) is 15.9 Å². The highest BCUT2D eigenvalue weighted by atomic mass is 35.5. The standard InChI is InChI=1S/C24H16Cl2N2O4S/c1-31-18-9-3-15(4-10-18)23(30)32-20-11-2-14(12-19(20)26)13-21-22(29)28-24(33-21)27-17-7-5-16(25)6-8-17/h2-13H,1H3,(H,27,28,29)/b21-13-. The number of rotatable bonds is 5. The number of halogens is 2. The van der Waals surface area contributed by atoms with Gasteiger partial charge in [-0.05, 0) is 84.1 Å². The first-order chi connectivity index (χ1) is 15.9. The molecule has 1 fully saturated rings. The third-order valence-electron chi connectivity index (χ3n) is 4.49. The number of carbonyl (C=O) groups excluding carboxylic acids is 2. The van der Waals surface area contributed by atoms with E-state index in [9.17, 15) is 9.59 Å². The summed E-state index contributed by atoms with van der Waals surface area (Å²) in [5.74, 6) is 0.0450. The number of nitrogens with zero attached hydrogens (tertiary/aromatic N) is 1. The summed E-state index contributed by atoms with van der Waals surface area (Å²) in [6.45, 7) is 0. The Morgan fingerprint density at radius 3 is 2.42 bits per heavy atom. The van der Waals surface area contributed by atoms with Crippen molar-refractivity contribution in [3.8, 4) is 11.5 Å². The molecule has 3 aromatic rings. The molecule has 1 saturated heterocycles. The average Bonchev–Trinajstić information content (AvgIpc) is 3.15. The van der Waals surface area contributed by atoms with Gasteiger partial charge in [0.05, 0.1) is 28.3 Å². The zero-order valence-corrected chi connectivity index (χ0v) is 19.5. The van der Waals surface area contributed by atoms with Gasteiger partial charge < -0.3 is 14.8 Å². The van der Waals surface area contributed by atoms with Crippen molar-refractivity contribution in [3.63, 3.8) is 0 Å². The summed E-state index contributed by atoms with van der Waals surface area (Å²) >= 11 is 13.4. The molecule has 0 bridgehead atoms. The SMILES string of the molecule is COc1ccc(C(=O)Oc2ccc(/C=C3\SC(=Nc4ccc(Cl)cc4)NC3=O)cc2Cl)cc1. The first-order valence-electron chi connectivity index (χ1n) is 9.62. The van der Waals surface area contributed by atoms with Crippen LogP contribution in [0.2, 0.25) is 10.0 Å². The number of benzene rings is 3. The predicted octanol–water partition coefficient (Wildman–Crippen LogP) is 6.11. The van der Waals surface area contributed by atoms with E-state index < -0.39 is 5.97 Å². The lowest BCUT2D eigenvalue weighted by Crippen LogP contribution is -2.19. The number of thioether (sulfide) groups is 1. The van der Waals surface area contributed by atoms with Gasteiger partial charge in [-0.2, -0.15) is 0 Å². The van der Waals surface area contributed by atoms with Crippen molar-refractivity contribution in [1.29, 1.82) is 0 Å². The van der Waals surface area contributed by atoms with Gasteiger partial charge in [-0.25, -0.2) is 9.79 Å². The first kappa shape index (κ1) is 22.9. The van der Waals surface area contributed by atoms with Crippen molar-refractivity contribution >= 4 is 63.8 Å². The molecule has 1 aliphatic rings. The Kier molecular flexibility index (Phi) is 7.03. The van der Waals surface area contributed by atoms with Gasteiger partial charge in [0.25, 0.3) is 5.91 Å². The molecular formula is C24H16Cl2N2O4S. The third-order valence-corrected chi connectivity index (χ3v) is 5.95. The maximum atomic E-state index is 12.4. The number of nitrogens with one attached hydrogen (secondary N) is 1. The Balaban J connectivity index is 1.46. The summed E-state index contributed by atoms with van der Waals surface area (Å²) in [6, 6.07) is 18.4. The van der Waals surface area contributed by atoms with Gasteiger partial charge in [0.1, 0.15) is 11.5 Å². The number of carbonyl (C=O) groups is 2. The van der Waals surface area contributed by atoms with E-state index in [4.69, 9.17) is 32.7 Å². The van der Waals surface area contributed by atoms with Crippen LogP contribution in [0.5, 0.6) is 11.5 Å². The molecule has 9 heteroatoms. The van der Waals surface area contributed by atoms with Crippen LogP contribution in [0, 0.1) is 0 Å². The molecule has 4 rings (SSSR count). The molecule has 0 spiro atoms. The van der Waals surface area contributed by atoms with Crippen LogP contribution < -0.4 is 14.8 Å². The molecule has 6 nitrogen and oxygen atoms in total. The highest BCUT2D eigenvalue weighted by molar-refractivity contribution is 8.18. The fourth-order valence-corrected chi connectivity index (χ4v) is 4.04. The van der Waals surface area contributed by atoms with Crippen LogP contribution in [0.25, 0.3) is 6.08 Å². The smallest absolute Gasteiger partial charge is 0.343 e.